The highest BCUT2D eigenvalue weighted by Gasteiger charge is 2.25. The molecule has 0 atom stereocenters. The third kappa shape index (κ3) is 5.45. The van der Waals surface area contributed by atoms with E-state index in [1.165, 1.54) is 6.92 Å². The highest BCUT2D eigenvalue weighted by molar-refractivity contribution is 5.94. The molecular formula is C25H30N2O4. The number of aryl methyl sites for hydroxylation is 1. The first kappa shape index (κ1) is 22.4. The Morgan fingerprint density at radius 2 is 1.71 bits per heavy atom. The predicted molar refractivity (Wildman–Crippen MR) is 123 cm³/mol. The van der Waals surface area contributed by atoms with Gasteiger partial charge in [-0.05, 0) is 63.1 Å². The molecule has 6 nitrogen and oxygen atoms in total. The molecule has 0 bridgehead atoms. The van der Waals surface area contributed by atoms with E-state index in [4.69, 9.17) is 9.47 Å². The molecule has 0 spiro atoms. The summed E-state index contributed by atoms with van der Waals surface area (Å²) in [6, 6.07) is 15.0. The fourth-order valence-electron chi connectivity index (χ4n) is 3.55. The highest BCUT2D eigenvalue weighted by Crippen LogP contribution is 2.30. The number of hydrogen-bond acceptors (Lipinski definition) is 4. The van der Waals surface area contributed by atoms with Crippen LogP contribution in [0.1, 0.15) is 52.3 Å². The summed E-state index contributed by atoms with van der Waals surface area (Å²) in [5.41, 5.74) is 2.81. The van der Waals surface area contributed by atoms with E-state index in [0.717, 1.165) is 35.0 Å². The Labute approximate surface area is 183 Å². The van der Waals surface area contributed by atoms with Crippen molar-refractivity contribution in [3.63, 3.8) is 0 Å². The first-order valence-corrected chi connectivity index (χ1v) is 10.5. The maximum absolute atomic E-state index is 13.1. The summed E-state index contributed by atoms with van der Waals surface area (Å²) in [5, 5.41) is 3.77. The summed E-state index contributed by atoms with van der Waals surface area (Å²) < 4.78 is 13.4. The number of benzene rings is 2. The number of ether oxygens (including phenoxy) is 2. The quantitative estimate of drug-likeness (QED) is 0.536. The molecule has 0 saturated carbocycles. The van der Waals surface area contributed by atoms with Gasteiger partial charge < -0.3 is 14.8 Å². The van der Waals surface area contributed by atoms with E-state index in [0.29, 0.717) is 11.4 Å². The molecule has 0 aliphatic heterocycles. The zero-order valence-corrected chi connectivity index (χ0v) is 18.8. The van der Waals surface area contributed by atoms with Gasteiger partial charge in [0, 0.05) is 18.0 Å². The molecule has 1 heterocycles. The van der Waals surface area contributed by atoms with E-state index in [1.54, 1.807) is 28.8 Å². The van der Waals surface area contributed by atoms with Crippen molar-refractivity contribution >= 4 is 28.6 Å². The summed E-state index contributed by atoms with van der Waals surface area (Å²) in [6.07, 6.45) is 1.36. The van der Waals surface area contributed by atoms with Gasteiger partial charge in [-0.25, -0.2) is 9.36 Å². The largest absolute Gasteiger partial charge is 0.487 e. The number of nitrogens with one attached hydrogen (secondary N) is 1. The zero-order chi connectivity index (χ0) is 22.6. The Balaban J connectivity index is 1.97. The van der Waals surface area contributed by atoms with Crippen LogP contribution >= 0.6 is 0 Å². The molecule has 0 radical (unpaired) electrons. The van der Waals surface area contributed by atoms with Gasteiger partial charge in [0.25, 0.3) is 0 Å². The smallest absolute Gasteiger partial charge is 0.419 e. The molecule has 0 aliphatic rings. The average Bonchev–Trinajstić information content (AvgIpc) is 3.00. The summed E-state index contributed by atoms with van der Waals surface area (Å²) >= 11 is 0. The van der Waals surface area contributed by atoms with Crippen LogP contribution in [-0.4, -0.2) is 22.2 Å². The molecule has 6 heteroatoms. The Hall–Kier alpha value is -3.28. The van der Waals surface area contributed by atoms with Gasteiger partial charge in [0.2, 0.25) is 5.91 Å². The molecule has 0 fully saturated rings. The lowest BCUT2D eigenvalue weighted by Crippen LogP contribution is -2.28. The number of aromatic nitrogens is 1. The van der Waals surface area contributed by atoms with Crippen LogP contribution < -0.4 is 10.1 Å². The first-order chi connectivity index (χ1) is 14.7. The van der Waals surface area contributed by atoms with Crippen LogP contribution in [0.4, 0.5) is 10.5 Å². The number of fused-ring (bicyclic) bond motifs is 1. The van der Waals surface area contributed by atoms with Crippen molar-refractivity contribution in [1.29, 1.82) is 0 Å². The first-order valence-electron chi connectivity index (χ1n) is 10.5. The molecular weight excluding hydrogens is 392 g/mol. The second kappa shape index (κ2) is 9.25. The fraction of sp³-hybridized carbons (Fsp3) is 0.360. The number of anilines is 1. The molecule has 3 rings (SSSR count). The number of nitrogens with zero attached hydrogens (tertiary/aromatic N) is 1. The van der Waals surface area contributed by atoms with Crippen molar-refractivity contribution in [3.8, 4) is 5.75 Å². The van der Waals surface area contributed by atoms with E-state index in [2.05, 4.69) is 12.2 Å². The third-order valence-electron chi connectivity index (χ3n) is 4.71. The monoisotopic (exact) mass is 422 g/mol. The second-order valence-corrected chi connectivity index (χ2v) is 8.50. The Bertz CT molecular complexity index is 1080. The maximum atomic E-state index is 13.1. The van der Waals surface area contributed by atoms with Gasteiger partial charge in [0.05, 0.1) is 11.2 Å². The van der Waals surface area contributed by atoms with E-state index in [1.807, 2.05) is 45.0 Å². The minimum Gasteiger partial charge on any atom is -0.487 e. The van der Waals surface area contributed by atoms with Crippen LogP contribution in [0.5, 0.6) is 5.75 Å². The van der Waals surface area contributed by atoms with Crippen molar-refractivity contribution in [3.05, 3.63) is 59.8 Å². The molecule has 2 aromatic carbocycles. The number of hydrogen-bond donors (Lipinski definition) is 1. The van der Waals surface area contributed by atoms with Crippen LogP contribution in [0.25, 0.3) is 10.9 Å². The van der Waals surface area contributed by atoms with Gasteiger partial charge in [0.15, 0.2) is 0 Å². The van der Waals surface area contributed by atoms with E-state index in [9.17, 15) is 9.59 Å². The van der Waals surface area contributed by atoms with Crippen LogP contribution in [0.2, 0.25) is 0 Å². The molecule has 0 saturated heterocycles. The number of rotatable bonds is 6. The lowest BCUT2D eigenvalue weighted by Gasteiger charge is -2.21. The average molecular weight is 423 g/mol. The molecule has 1 amide bonds. The second-order valence-electron chi connectivity index (χ2n) is 8.50. The lowest BCUT2D eigenvalue weighted by atomic mass is 10.1. The molecule has 1 aromatic heterocycles. The molecule has 31 heavy (non-hydrogen) atoms. The Morgan fingerprint density at radius 3 is 2.32 bits per heavy atom. The molecule has 0 aliphatic carbocycles. The van der Waals surface area contributed by atoms with E-state index < -0.39 is 11.7 Å². The number of carbonyl (C=O) groups excluding carboxylic acids is 2. The summed E-state index contributed by atoms with van der Waals surface area (Å²) in [4.78, 5) is 24.3. The van der Waals surface area contributed by atoms with Gasteiger partial charge >= 0.3 is 6.09 Å². The van der Waals surface area contributed by atoms with Crippen molar-refractivity contribution in [1.82, 2.24) is 4.57 Å². The Kier molecular flexibility index (Phi) is 6.68. The van der Waals surface area contributed by atoms with Gasteiger partial charge in [-0.1, -0.05) is 31.5 Å². The van der Waals surface area contributed by atoms with Gasteiger partial charge in [-0.2, -0.15) is 0 Å². The van der Waals surface area contributed by atoms with Crippen molar-refractivity contribution in [2.24, 2.45) is 0 Å². The molecule has 164 valence electrons. The molecule has 0 unspecified atom stereocenters. The topological polar surface area (TPSA) is 69.6 Å². The minimum atomic E-state index is -0.606. The zero-order valence-electron chi connectivity index (χ0n) is 18.8. The van der Waals surface area contributed by atoms with Crippen molar-refractivity contribution in [2.45, 2.75) is 59.7 Å². The van der Waals surface area contributed by atoms with E-state index >= 15 is 0 Å². The fourth-order valence-corrected chi connectivity index (χ4v) is 3.55. The third-order valence-corrected chi connectivity index (χ3v) is 4.71. The molecule has 1 N–H and O–H groups in total. The van der Waals surface area contributed by atoms with Gasteiger partial charge in [-0.15, -0.1) is 0 Å². The van der Waals surface area contributed by atoms with Gasteiger partial charge in [0.1, 0.15) is 18.0 Å². The Morgan fingerprint density at radius 1 is 1.03 bits per heavy atom. The molecule has 3 aromatic rings. The SMILES string of the molecule is CCCc1c(COc2ccc(NC(C)=O)cc2)n(C(=O)OC(C)(C)C)c2ccccc12. The maximum Gasteiger partial charge on any atom is 0.419 e. The van der Waals surface area contributed by atoms with Gasteiger partial charge in [-0.3, -0.25) is 4.79 Å². The number of carbonyl (C=O) groups is 2. The van der Waals surface area contributed by atoms with E-state index in [-0.39, 0.29) is 12.5 Å². The van der Waals surface area contributed by atoms with Crippen molar-refractivity contribution < 1.29 is 19.1 Å². The van der Waals surface area contributed by atoms with Crippen molar-refractivity contribution in [2.75, 3.05) is 5.32 Å². The summed E-state index contributed by atoms with van der Waals surface area (Å²) in [7, 11) is 0. The van der Waals surface area contributed by atoms with Crippen LogP contribution in [0.15, 0.2) is 48.5 Å². The van der Waals surface area contributed by atoms with Crippen LogP contribution in [0, 0.1) is 0 Å². The standard InChI is InChI=1S/C25H30N2O4/c1-6-9-20-21-10-7-8-11-22(21)27(24(29)31-25(3,4)5)23(20)16-30-19-14-12-18(13-15-19)26-17(2)28/h7-8,10-15H,6,9,16H2,1-5H3,(H,26,28). The lowest BCUT2D eigenvalue weighted by molar-refractivity contribution is -0.114. The summed E-state index contributed by atoms with van der Waals surface area (Å²) in [6.45, 7) is 9.38. The predicted octanol–water partition coefficient (Wildman–Crippen LogP) is 5.91. The van der Waals surface area contributed by atoms with Crippen LogP contribution in [-0.2, 0) is 22.6 Å². The number of para-hydroxylation sites is 1. The number of amides is 1. The normalized spacial score (nSPS) is 11.4. The minimum absolute atomic E-state index is 0.125. The summed E-state index contributed by atoms with van der Waals surface area (Å²) in [5.74, 6) is 0.525. The highest BCUT2D eigenvalue weighted by atomic mass is 16.6. The van der Waals surface area contributed by atoms with Crippen LogP contribution in [0.3, 0.4) is 0 Å².